The van der Waals surface area contributed by atoms with Crippen molar-refractivity contribution in [3.05, 3.63) is 0 Å². The molecule has 0 saturated heterocycles. The normalized spacial score (nSPS) is 49.2. The third-order valence-electron chi connectivity index (χ3n) is 11.4. The summed E-state index contributed by atoms with van der Waals surface area (Å²) in [6, 6.07) is 0. The molecule has 4 aliphatic carbocycles. The first-order valence-electron chi connectivity index (χ1n) is 13.6. The lowest BCUT2D eigenvalue weighted by atomic mass is 9.39. The van der Waals surface area contributed by atoms with Crippen LogP contribution in [0.2, 0.25) is 0 Å². The first-order valence-corrected chi connectivity index (χ1v) is 13.6. The molecule has 0 bridgehead atoms. The monoisotopic (exact) mass is 448 g/mol. The first-order chi connectivity index (χ1) is 15.0. The molecule has 0 aromatic rings. The summed E-state index contributed by atoms with van der Waals surface area (Å²) in [5, 5.41) is 32.3. The van der Waals surface area contributed by atoms with E-state index in [0.717, 1.165) is 30.6 Å². The predicted octanol–water partition coefficient (Wildman–Crippen LogP) is 5.89. The van der Waals surface area contributed by atoms with Crippen molar-refractivity contribution in [2.24, 2.45) is 51.8 Å². The second-order valence-corrected chi connectivity index (χ2v) is 13.3. The van der Waals surface area contributed by atoms with Crippen LogP contribution in [0.15, 0.2) is 0 Å². The maximum Gasteiger partial charge on any atom is 0.310 e. The highest BCUT2D eigenvalue weighted by atomic mass is 16.4. The number of rotatable bonds is 6. The van der Waals surface area contributed by atoms with Gasteiger partial charge in [-0.1, -0.05) is 53.9 Å². The van der Waals surface area contributed by atoms with Crippen molar-refractivity contribution in [2.45, 2.75) is 117 Å². The average Bonchev–Trinajstić information content (AvgIpc) is 3.06. The van der Waals surface area contributed by atoms with Gasteiger partial charge in [-0.15, -0.1) is 0 Å². The fourth-order valence-corrected chi connectivity index (χ4v) is 9.71. The maximum absolute atomic E-state index is 12.6. The molecule has 0 aromatic heterocycles. The summed E-state index contributed by atoms with van der Waals surface area (Å²) in [4.78, 5) is 12.6. The molecule has 0 radical (unpaired) electrons. The van der Waals surface area contributed by atoms with Crippen LogP contribution in [0.3, 0.4) is 0 Å². The molecule has 4 rings (SSSR count). The van der Waals surface area contributed by atoms with Gasteiger partial charge in [0.1, 0.15) is 0 Å². The fraction of sp³-hybridized carbons (Fsp3) is 0.964. The minimum Gasteiger partial charge on any atom is -0.481 e. The lowest BCUT2D eigenvalue weighted by Gasteiger charge is -2.65. The molecule has 32 heavy (non-hydrogen) atoms. The van der Waals surface area contributed by atoms with Crippen molar-refractivity contribution in [3.8, 4) is 0 Å². The van der Waals surface area contributed by atoms with Gasteiger partial charge in [-0.2, -0.15) is 0 Å². The van der Waals surface area contributed by atoms with Gasteiger partial charge in [-0.25, -0.2) is 0 Å². The summed E-state index contributed by atoms with van der Waals surface area (Å²) < 4.78 is 0. The van der Waals surface area contributed by atoms with Crippen LogP contribution >= 0.6 is 0 Å². The van der Waals surface area contributed by atoms with E-state index in [1.54, 1.807) is 0 Å². The molecule has 0 aromatic carbocycles. The van der Waals surface area contributed by atoms with Crippen molar-refractivity contribution in [3.63, 3.8) is 0 Å². The van der Waals surface area contributed by atoms with Gasteiger partial charge in [0, 0.05) is 0 Å². The summed E-state index contributed by atoms with van der Waals surface area (Å²) in [7, 11) is 0. The Morgan fingerprint density at radius 1 is 0.938 bits per heavy atom. The van der Waals surface area contributed by atoms with Gasteiger partial charge in [-0.3, -0.25) is 4.79 Å². The molecule has 3 N–H and O–H groups in total. The second kappa shape index (κ2) is 8.56. The van der Waals surface area contributed by atoms with Gasteiger partial charge in [0.2, 0.25) is 0 Å². The number of fused-ring (bicyclic) bond motifs is 5. The van der Waals surface area contributed by atoms with Gasteiger partial charge < -0.3 is 15.3 Å². The Bertz CT molecular complexity index is 706. The van der Waals surface area contributed by atoms with Crippen LogP contribution in [0.1, 0.15) is 105 Å². The number of aliphatic carboxylic acids is 1. The zero-order chi connectivity index (χ0) is 23.5. The van der Waals surface area contributed by atoms with Gasteiger partial charge in [0.15, 0.2) is 0 Å². The Kier molecular flexibility index (Phi) is 6.55. The number of hydrogen-bond acceptors (Lipinski definition) is 3. The molecule has 4 saturated carbocycles. The van der Waals surface area contributed by atoms with Crippen LogP contribution < -0.4 is 0 Å². The number of hydrogen-bond donors (Lipinski definition) is 3. The van der Waals surface area contributed by atoms with Crippen molar-refractivity contribution >= 4 is 5.97 Å². The maximum atomic E-state index is 12.6. The number of aliphatic hydroxyl groups is 2. The highest BCUT2D eigenvalue weighted by Gasteiger charge is 2.69. The molecular formula is C28H48O4. The standard InChI is InChI=1S/C28H48O4/c1-17(2)7-6-8-18(3)20-9-10-21-24-22(12-13-26(20,21)4)27(5)14-11-19(29)15-28(27,25(31)32)16-23(24)30/h17-24,29-30H,6-16H2,1-5H3,(H,31,32)/t18-,19?,20-,21+,22+,23?,24+,26-,27-,28?/m1/s1. The summed E-state index contributed by atoms with van der Waals surface area (Å²) in [5.41, 5.74) is -1.04. The van der Waals surface area contributed by atoms with Crippen LogP contribution in [-0.2, 0) is 4.79 Å². The number of carboxylic acid groups (broad SMARTS) is 1. The Morgan fingerprint density at radius 2 is 1.66 bits per heavy atom. The molecule has 4 fully saturated rings. The molecule has 0 spiro atoms. The Hall–Kier alpha value is -0.610. The Labute approximate surface area is 195 Å². The smallest absolute Gasteiger partial charge is 0.310 e. The van der Waals surface area contributed by atoms with Crippen LogP contribution in [0, 0.1) is 51.8 Å². The molecule has 0 heterocycles. The van der Waals surface area contributed by atoms with Gasteiger partial charge in [-0.05, 0) is 97.7 Å². The van der Waals surface area contributed by atoms with E-state index in [0.29, 0.717) is 25.2 Å². The molecule has 10 atom stereocenters. The minimum atomic E-state index is -0.985. The highest BCUT2D eigenvalue weighted by Crippen LogP contribution is 2.71. The van der Waals surface area contributed by atoms with E-state index >= 15 is 0 Å². The largest absolute Gasteiger partial charge is 0.481 e. The lowest BCUT2D eigenvalue weighted by Crippen LogP contribution is -2.65. The van der Waals surface area contributed by atoms with E-state index in [9.17, 15) is 20.1 Å². The number of carboxylic acids is 1. The van der Waals surface area contributed by atoms with Crippen molar-refractivity contribution in [2.75, 3.05) is 0 Å². The summed E-state index contributed by atoms with van der Waals surface area (Å²) in [6.07, 6.45) is 9.54. The SMILES string of the molecule is CC(C)CCC[C@@H](C)[C@H]1CC[C@H]2[C@@H]3C(O)CC4(C(=O)O)CC(O)CC[C@]4(C)[C@H]3CC[C@]12C. The molecular weight excluding hydrogens is 400 g/mol. The predicted molar refractivity (Wildman–Crippen MR) is 127 cm³/mol. The molecule has 184 valence electrons. The number of aliphatic hydroxyl groups excluding tert-OH is 2. The fourth-order valence-electron chi connectivity index (χ4n) is 9.71. The minimum absolute atomic E-state index is 0.217. The Balaban J connectivity index is 1.59. The van der Waals surface area contributed by atoms with Crippen molar-refractivity contribution < 1.29 is 20.1 Å². The van der Waals surface area contributed by atoms with Crippen LogP contribution in [0.4, 0.5) is 0 Å². The second-order valence-electron chi connectivity index (χ2n) is 13.3. The number of carbonyl (C=O) groups is 1. The summed E-state index contributed by atoms with van der Waals surface area (Å²) in [6.45, 7) is 11.8. The van der Waals surface area contributed by atoms with Gasteiger partial charge in [0.25, 0.3) is 0 Å². The van der Waals surface area contributed by atoms with E-state index in [4.69, 9.17) is 0 Å². The molecule has 0 amide bonds. The molecule has 4 nitrogen and oxygen atoms in total. The summed E-state index contributed by atoms with van der Waals surface area (Å²) in [5.74, 6) is 2.39. The first kappa shape index (κ1) is 24.5. The van der Waals surface area contributed by atoms with Gasteiger partial charge in [0.05, 0.1) is 17.6 Å². The van der Waals surface area contributed by atoms with Crippen LogP contribution in [0.25, 0.3) is 0 Å². The topological polar surface area (TPSA) is 77.8 Å². The quantitative estimate of drug-likeness (QED) is 0.473. The van der Waals surface area contributed by atoms with Crippen molar-refractivity contribution in [1.29, 1.82) is 0 Å². The average molecular weight is 449 g/mol. The summed E-state index contributed by atoms with van der Waals surface area (Å²) >= 11 is 0. The van der Waals surface area contributed by atoms with Gasteiger partial charge >= 0.3 is 5.97 Å². The van der Waals surface area contributed by atoms with E-state index in [1.165, 1.54) is 38.5 Å². The molecule has 4 aliphatic rings. The van der Waals surface area contributed by atoms with E-state index in [2.05, 4.69) is 34.6 Å². The highest BCUT2D eigenvalue weighted by molar-refractivity contribution is 5.76. The van der Waals surface area contributed by atoms with E-state index in [1.807, 2.05) is 0 Å². The van der Waals surface area contributed by atoms with Crippen LogP contribution in [0.5, 0.6) is 0 Å². The molecule has 3 unspecified atom stereocenters. The third kappa shape index (κ3) is 3.58. The van der Waals surface area contributed by atoms with Crippen molar-refractivity contribution in [1.82, 2.24) is 0 Å². The molecule has 0 aliphatic heterocycles. The third-order valence-corrected chi connectivity index (χ3v) is 11.4. The molecule has 4 heteroatoms. The zero-order valence-electron chi connectivity index (χ0n) is 21.1. The Morgan fingerprint density at radius 3 is 2.31 bits per heavy atom. The van der Waals surface area contributed by atoms with E-state index in [-0.39, 0.29) is 22.7 Å². The van der Waals surface area contributed by atoms with Crippen LogP contribution in [-0.4, -0.2) is 33.5 Å². The zero-order valence-corrected chi connectivity index (χ0v) is 21.1. The lowest BCUT2D eigenvalue weighted by molar-refractivity contribution is -0.225. The van der Waals surface area contributed by atoms with E-state index < -0.39 is 23.6 Å².